The van der Waals surface area contributed by atoms with Crippen LogP contribution < -0.4 is 10.6 Å². The first kappa shape index (κ1) is 17.2. The fraction of sp³-hybridized carbons (Fsp3) is 0.471. The third kappa shape index (κ3) is 3.01. The van der Waals surface area contributed by atoms with E-state index >= 15 is 0 Å². The molecule has 1 aromatic rings. The highest BCUT2D eigenvalue weighted by Crippen LogP contribution is 2.50. The average molecular weight is 356 g/mol. The number of carbonyl (C=O) groups excluding carboxylic acids is 1. The van der Waals surface area contributed by atoms with Crippen molar-refractivity contribution in [2.75, 3.05) is 4.90 Å². The average Bonchev–Trinajstić information content (AvgIpc) is 3.13. The summed E-state index contributed by atoms with van der Waals surface area (Å²) in [7, 11) is 0. The minimum absolute atomic E-state index is 0.269. The molecule has 1 saturated carbocycles. The first-order chi connectivity index (χ1) is 11.3. The number of nitrogens with two attached hydrogens (primary N) is 1. The number of thioether (sulfide) groups is 1. The highest BCUT2D eigenvalue weighted by molar-refractivity contribution is 8.05. The van der Waals surface area contributed by atoms with Gasteiger partial charge in [-0.1, -0.05) is 42.8 Å². The monoisotopic (exact) mass is 356 g/mol. The van der Waals surface area contributed by atoms with E-state index in [0.717, 1.165) is 43.0 Å². The lowest BCUT2D eigenvalue weighted by atomic mass is 9.95. The largest absolute Gasteiger partial charge is 0.432 e. The van der Waals surface area contributed by atoms with E-state index in [-0.39, 0.29) is 5.92 Å². The van der Waals surface area contributed by atoms with Crippen molar-refractivity contribution in [3.63, 3.8) is 0 Å². The Hall–Kier alpha value is -1.63. The number of alkyl halides is 3. The van der Waals surface area contributed by atoms with Gasteiger partial charge in [0.05, 0.1) is 5.37 Å². The van der Waals surface area contributed by atoms with Gasteiger partial charge in [0, 0.05) is 5.69 Å². The molecule has 0 radical (unpaired) electrons. The zero-order valence-corrected chi connectivity index (χ0v) is 14.1. The quantitative estimate of drug-likeness (QED) is 0.867. The van der Waals surface area contributed by atoms with Crippen molar-refractivity contribution in [3.8, 4) is 0 Å². The highest BCUT2D eigenvalue weighted by Gasteiger charge is 2.49. The van der Waals surface area contributed by atoms with Gasteiger partial charge in [0.1, 0.15) is 10.6 Å². The number of allylic oxidation sites excluding steroid dienone is 1. The minimum Gasteiger partial charge on any atom is -0.365 e. The van der Waals surface area contributed by atoms with Crippen LogP contribution in [0.3, 0.4) is 0 Å². The molecule has 0 saturated heterocycles. The minimum atomic E-state index is -4.63. The van der Waals surface area contributed by atoms with Crippen LogP contribution in [-0.2, 0) is 4.79 Å². The number of carbonyl (C=O) groups is 1. The first-order valence-corrected chi connectivity index (χ1v) is 8.84. The fourth-order valence-electron chi connectivity index (χ4n) is 3.62. The molecule has 1 unspecified atom stereocenters. The maximum Gasteiger partial charge on any atom is 0.432 e. The Bertz CT molecular complexity index is 681. The third-order valence-electron chi connectivity index (χ3n) is 4.59. The summed E-state index contributed by atoms with van der Waals surface area (Å²) in [6, 6.07) is 7.21. The van der Waals surface area contributed by atoms with E-state index in [1.807, 2.05) is 12.1 Å². The highest BCUT2D eigenvalue weighted by atomic mass is 32.2. The second-order valence-corrected chi connectivity index (χ2v) is 7.49. The molecule has 130 valence electrons. The van der Waals surface area contributed by atoms with Crippen LogP contribution in [0.15, 0.2) is 34.9 Å². The number of hydrogen-bond donors (Lipinski definition) is 1. The lowest BCUT2D eigenvalue weighted by Gasteiger charge is -2.31. The summed E-state index contributed by atoms with van der Waals surface area (Å²) in [6.45, 7) is 1.66. The van der Waals surface area contributed by atoms with Crippen molar-refractivity contribution in [2.24, 2.45) is 5.73 Å². The lowest BCUT2D eigenvalue weighted by Crippen LogP contribution is -2.34. The van der Waals surface area contributed by atoms with Crippen LogP contribution in [0.5, 0.6) is 0 Å². The van der Waals surface area contributed by atoms with Gasteiger partial charge < -0.3 is 10.6 Å². The van der Waals surface area contributed by atoms with E-state index in [2.05, 4.69) is 0 Å². The summed E-state index contributed by atoms with van der Waals surface area (Å²) >= 11 is 0.874. The number of primary amides is 1. The van der Waals surface area contributed by atoms with Gasteiger partial charge in [-0.2, -0.15) is 13.2 Å². The number of halogens is 3. The molecular formula is C17H19F3N2OS. The molecule has 0 spiro atoms. The number of amides is 1. The molecule has 0 bridgehead atoms. The normalized spacial score (nSPS) is 22.5. The molecule has 1 atom stereocenters. The van der Waals surface area contributed by atoms with Crippen molar-refractivity contribution < 1.29 is 18.0 Å². The zero-order chi connectivity index (χ0) is 17.5. The van der Waals surface area contributed by atoms with Crippen molar-refractivity contribution in [3.05, 3.63) is 40.4 Å². The van der Waals surface area contributed by atoms with E-state index in [1.165, 1.54) is 4.90 Å². The second kappa shape index (κ2) is 6.35. The summed E-state index contributed by atoms with van der Waals surface area (Å²) in [5.41, 5.74) is 5.73. The van der Waals surface area contributed by atoms with Crippen LogP contribution in [0.4, 0.5) is 18.9 Å². The summed E-state index contributed by atoms with van der Waals surface area (Å²) in [5, 5.41) is -0.535. The van der Waals surface area contributed by atoms with Crippen LogP contribution in [0, 0.1) is 0 Å². The molecule has 1 aliphatic carbocycles. The van der Waals surface area contributed by atoms with Gasteiger partial charge in [-0.3, -0.25) is 4.79 Å². The Morgan fingerprint density at radius 1 is 1.25 bits per heavy atom. The number of benzene rings is 1. The molecule has 2 N–H and O–H groups in total. The van der Waals surface area contributed by atoms with Crippen molar-refractivity contribution in [2.45, 2.75) is 50.1 Å². The van der Waals surface area contributed by atoms with E-state index in [1.54, 1.807) is 19.1 Å². The maximum atomic E-state index is 13.7. The molecule has 1 aliphatic heterocycles. The number of para-hydroxylation sites is 1. The van der Waals surface area contributed by atoms with Gasteiger partial charge in [0.2, 0.25) is 0 Å². The predicted octanol–water partition coefficient (Wildman–Crippen LogP) is 4.50. The molecule has 1 heterocycles. The molecule has 3 nitrogen and oxygen atoms in total. The maximum absolute atomic E-state index is 13.7. The number of hydrogen-bond acceptors (Lipinski definition) is 3. The molecule has 0 aromatic heterocycles. The molecule has 1 amide bonds. The summed E-state index contributed by atoms with van der Waals surface area (Å²) in [5.74, 6) is -0.759. The van der Waals surface area contributed by atoms with Gasteiger partial charge >= 0.3 is 6.18 Å². The Balaban J connectivity index is 2.12. The molecule has 7 heteroatoms. The number of nitrogens with zero attached hydrogens (tertiary/aromatic N) is 1. The molecule has 3 rings (SSSR count). The topological polar surface area (TPSA) is 46.3 Å². The molecule has 1 aromatic carbocycles. The van der Waals surface area contributed by atoms with Gasteiger partial charge in [-0.15, -0.1) is 0 Å². The second-order valence-electron chi connectivity index (χ2n) is 6.17. The summed E-state index contributed by atoms with van der Waals surface area (Å²) < 4.78 is 41.0. The van der Waals surface area contributed by atoms with E-state index in [4.69, 9.17) is 5.73 Å². The molecule has 24 heavy (non-hydrogen) atoms. The van der Waals surface area contributed by atoms with Crippen LogP contribution in [0.1, 0.15) is 44.1 Å². The standard InChI is InChI=1S/C17H19F3N2OS/c1-10-22(15(17(18,19)20)14(24-10)16(21)23)13-9-5-4-8-12(13)11-6-2-3-7-11/h4-5,8-11H,2-3,6-7H2,1H3,(H2,21,23). The zero-order valence-electron chi connectivity index (χ0n) is 13.3. The van der Waals surface area contributed by atoms with Crippen molar-refractivity contribution >= 4 is 23.4 Å². The SMILES string of the molecule is CC1SC(C(N)=O)=C(C(F)(F)F)N1c1ccccc1C1CCCC1. The molecule has 2 aliphatic rings. The molecular weight excluding hydrogens is 337 g/mol. The lowest BCUT2D eigenvalue weighted by molar-refractivity contribution is -0.115. The Morgan fingerprint density at radius 2 is 1.88 bits per heavy atom. The smallest absolute Gasteiger partial charge is 0.365 e. The first-order valence-electron chi connectivity index (χ1n) is 7.96. The van der Waals surface area contributed by atoms with Gasteiger partial charge in [-0.05, 0) is 37.3 Å². The van der Waals surface area contributed by atoms with Crippen LogP contribution in [0.25, 0.3) is 0 Å². The van der Waals surface area contributed by atoms with E-state index in [9.17, 15) is 18.0 Å². The van der Waals surface area contributed by atoms with E-state index < -0.39 is 28.1 Å². The Labute approximate surface area is 143 Å². The number of rotatable bonds is 3. The van der Waals surface area contributed by atoms with Crippen molar-refractivity contribution in [1.82, 2.24) is 0 Å². The summed E-state index contributed by atoms with van der Waals surface area (Å²) in [4.78, 5) is 12.4. The van der Waals surface area contributed by atoms with Gasteiger partial charge in [0.25, 0.3) is 5.91 Å². The van der Waals surface area contributed by atoms with Gasteiger partial charge in [-0.25, -0.2) is 0 Å². The third-order valence-corrected chi connectivity index (χ3v) is 5.77. The Morgan fingerprint density at radius 3 is 2.46 bits per heavy atom. The molecule has 1 fully saturated rings. The van der Waals surface area contributed by atoms with Gasteiger partial charge in [0.15, 0.2) is 0 Å². The Kier molecular flexibility index (Phi) is 4.55. The predicted molar refractivity (Wildman–Crippen MR) is 89.5 cm³/mol. The van der Waals surface area contributed by atoms with Crippen LogP contribution in [0.2, 0.25) is 0 Å². The fourth-order valence-corrected chi connectivity index (χ4v) is 4.72. The van der Waals surface area contributed by atoms with Crippen molar-refractivity contribution in [1.29, 1.82) is 0 Å². The van der Waals surface area contributed by atoms with Crippen LogP contribution in [-0.4, -0.2) is 17.5 Å². The van der Waals surface area contributed by atoms with Crippen LogP contribution >= 0.6 is 11.8 Å². The number of anilines is 1. The van der Waals surface area contributed by atoms with E-state index in [0.29, 0.717) is 5.69 Å². The summed E-state index contributed by atoms with van der Waals surface area (Å²) in [6.07, 6.45) is -0.471.